The maximum atomic E-state index is 12.6. The summed E-state index contributed by atoms with van der Waals surface area (Å²) >= 11 is 12.0. The fourth-order valence-corrected chi connectivity index (χ4v) is 3.31. The zero-order valence-electron chi connectivity index (χ0n) is 13.8. The highest BCUT2D eigenvalue weighted by atomic mass is 35.5. The van der Waals surface area contributed by atoms with Crippen LogP contribution < -0.4 is 0 Å². The van der Waals surface area contributed by atoms with Crippen molar-refractivity contribution in [2.45, 2.75) is 13.5 Å². The van der Waals surface area contributed by atoms with Gasteiger partial charge in [0, 0.05) is 46.0 Å². The highest BCUT2D eigenvalue weighted by molar-refractivity contribution is 6.42. The number of nitrogens with zero attached hydrogens (tertiary/aromatic N) is 4. The molecule has 0 aliphatic carbocycles. The summed E-state index contributed by atoms with van der Waals surface area (Å²) in [5.41, 5.74) is 2.60. The highest BCUT2D eigenvalue weighted by Crippen LogP contribution is 2.23. The van der Waals surface area contributed by atoms with Crippen molar-refractivity contribution in [2.75, 3.05) is 26.2 Å². The van der Waals surface area contributed by atoms with Gasteiger partial charge in [-0.1, -0.05) is 29.3 Å². The SMILES string of the molecule is Cc1nn(C)cc1C(=O)N1CCN(Cc2ccc(Cl)c(Cl)c2)CC1. The topological polar surface area (TPSA) is 41.4 Å². The summed E-state index contributed by atoms with van der Waals surface area (Å²) in [7, 11) is 1.83. The van der Waals surface area contributed by atoms with E-state index in [9.17, 15) is 4.79 Å². The van der Waals surface area contributed by atoms with Gasteiger partial charge < -0.3 is 4.90 Å². The molecular formula is C17H20Cl2N4O. The van der Waals surface area contributed by atoms with Gasteiger partial charge in [0.1, 0.15) is 0 Å². The van der Waals surface area contributed by atoms with Gasteiger partial charge >= 0.3 is 0 Å². The van der Waals surface area contributed by atoms with Crippen LogP contribution >= 0.6 is 23.2 Å². The minimum atomic E-state index is 0.0646. The molecule has 1 aromatic heterocycles. The Morgan fingerprint density at radius 3 is 2.46 bits per heavy atom. The van der Waals surface area contributed by atoms with Gasteiger partial charge in [-0.3, -0.25) is 14.4 Å². The van der Waals surface area contributed by atoms with Crippen LogP contribution in [0, 0.1) is 6.92 Å². The largest absolute Gasteiger partial charge is 0.336 e. The molecule has 5 nitrogen and oxygen atoms in total. The first kappa shape index (κ1) is 17.3. The van der Waals surface area contributed by atoms with E-state index in [4.69, 9.17) is 23.2 Å². The van der Waals surface area contributed by atoms with Gasteiger partial charge in [0.25, 0.3) is 5.91 Å². The molecule has 3 rings (SSSR count). The van der Waals surface area contributed by atoms with E-state index in [1.807, 2.05) is 37.1 Å². The van der Waals surface area contributed by atoms with Crippen molar-refractivity contribution in [3.63, 3.8) is 0 Å². The lowest BCUT2D eigenvalue weighted by Gasteiger charge is -2.34. The molecule has 1 aromatic carbocycles. The molecule has 1 aliphatic rings. The second-order valence-electron chi connectivity index (χ2n) is 6.12. The lowest BCUT2D eigenvalue weighted by molar-refractivity contribution is 0.0627. The number of rotatable bonds is 3. The number of amides is 1. The number of hydrogen-bond acceptors (Lipinski definition) is 3. The Morgan fingerprint density at radius 1 is 1.17 bits per heavy atom. The molecular weight excluding hydrogens is 347 g/mol. The molecule has 24 heavy (non-hydrogen) atoms. The van der Waals surface area contributed by atoms with Crippen molar-refractivity contribution >= 4 is 29.1 Å². The van der Waals surface area contributed by atoms with Gasteiger partial charge in [-0.15, -0.1) is 0 Å². The molecule has 0 spiro atoms. The molecule has 0 atom stereocenters. The predicted molar refractivity (Wildman–Crippen MR) is 95.6 cm³/mol. The van der Waals surface area contributed by atoms with E-state index in [-0.39, 0.29) is 5.91 Å². The number of halogens is 2. The average Bonchev–Trinajstić information content (AvgIpc) is 2.89. The summed E-state index contributed by atoms with van der Waals surface area (Å²) in [5, 5.41) is 5.40. The Balaban J connectivity index is 1.58. The minimum Gasteiger partial charge on any atom is -0.336 e. The smallest absolute Gasteiger partial charge is 0.257 e. The van der Waals surface area contributed by atoms with E-state index < -0.39 is 0 Å². The Morgan fingerprint density at radius 2 is 1.88 bits per heavy atom. The van der Waals surface area contributed by atoms with Crippen LogP contribution in [0.5, 0.6) is 0 Å². The van der Waals surface area contributed by atoms with Crippen LogP contribution in [0.2, 0.25) is 10.0 Å². The van der Waals surface area contributed by atoms with Crippen molar-refractivity contribution < 1.29 is 4.79 Å². The number of carbonyl (C=O) groups is 1. The van der Waals surface area contributed by atoms with Gasteiger partial charge in [-0.25, -0.2) is 0 Å². The van der Waals surface area contributed by atoms with Gasteiger partial charge in [-0.2, -0.15) is 5.10 Å². The molecule has 1 aliphatic heterocycles. The quantitative estimate of drug-likeness (QED) is 0.838. The average molecular weight is 367 g/mol. The van der Waals surface area contributed by atoms with E-state index in [1.165, 1.54) is 0 Å². The standard InChI is InChI=1S/C17H20Cl2N4O/c1-12-14(11-21(2)20-12)17(24)23-7-5-22(6-8-23)10-13-3-4-15(18)16(19)9-13/h3-4,9,11H,5-8,10H2,1-2H3. The maximum absolute atomic E-state index is 12.6. The van der Waals surface area contributed by atoms with Crippen LogP contribution in [-0.4, -0.2) is 51.7 Å². The third kappa shape index (κ3) is 3.74. The maximum Gasteiger partial charge on any atom is 0.257 e. The second-order valence-corrected chi connectivity index (χ2v) is 6.93. The molecule has 2 heterocycles. The van der Waals surface area contributed by atoms with Crippen molar-refractivity contribution in [3.05, 3.63) is 51.3 Å². The number of benzene rings is 1. The first-order chi connectivity index (χ1) is 11.4. The van der Waals surface area contributed by atoms with Crippen LogP contribution in [0.3, 0.4) is 0 Å². The van der Waals surface area contributed by atoms with Crippen LogP contribution in [0.4, 0.5) is 0 Å². The first-order valence-electron chi connectivity index (χ1n) is 7.90. The first-order valence-corrected chi connectivity index (χ1v) is 8.65. The molecule has 128 valence electrons. The summed E-state index contributed by atoms with van der Waals surface area (Å²) in [6, 6.07) is 5.72. The number of aryl methyl sites for hydroxylation is 2. The van der Waals surface area contributed by atoms with Gasteiger partial charge in [0.05, 0.1) is 21.3 Å². The van der Waals surface area contributed by atoms with Crippen molar-refractivity contribution in [1.82, 2.24) is 19.6 Å². The van der Waals surface area contributed by atoms with E-state index >= 15 is 0 Å². The molecule has 1 amide bonds. The van der Waals surface area contributed by atoms with Gasteiger partial charge in [-0.05, 0) is 24.6 Å². The zero-order valence-corrected chi connectivity index (χ0v) is 15.3. The summed E-state index contributed by atoms with van der Waals surface area (Å²) in [5.74, 6) is 0.0646. The second kappa shape index (κ2) is 7.13. The molecule has 0 N–H and O–H groups in total. The lowest BCUT2D eigenvalue weighted by Crippen LogP contribution is -2.48. The van der Waals surface area contributed by atoms with Crippen LogP contribution in [-0.2, 0) is 13.6 Å². The summed E-state index contributed by atoms with van der Waals surface area (Å²) < 4.78 is 1.68. The summed E-state index contributed by atoms with van der Waals surface area (Å²) in [4.78, 5) is 16.8. The number of carbonyl (C=O) groups excluding carboxylic acids is 1. The molecule has 1 fully saturated rings. The Bertz CT molecular complexity index is 751. The normalized spacial score (nSPS) is 15.8. The number of hydrogen-bond donors (Lipinski definition) is 0. The van der Waals surface area contributed by atoms with Gasteiger partial charge in [0.15, 0.2) is 0 Å². The summed E-state index contributed by atoms with van der Waals surface area (Å²) in [6.45, 7) is 5.79. The highest BCUT2D eigenvalue weighted by Gasteiger charge is 2.24. The number of aromatic nitrogens is 2. The number of piperazine rings is 1. The van der Waals surface area contributed by atoms with Crippen LogP contribution in [0.1, 0.15) is 21.6 Å². The molecule has 0 radical (unpaired) electrons. The van der Waals surface area contributed by atoms with Crippen LogP contribution in [0.25, 0.3) is 0 Å². The van der Waals surface area contributed by atoms with E-state index in [2.05, 4.69) is 10.00 Å². The predicted octanol–water partition coefficient (Wildman–Crippen LogP) is 2.99. The molecule has 2 aromatic rings. The third-order valence-electron chi connectivity index (χ3n) is 4.29. The molecule has 7 heteroatoms. The Kier molecular flexibility index (Phi) is 5.13. The molecule has 0 saturated carbocycles. The minimum absolute atomic E-state index is 0.0646. The Hall–Kier alpha value is -1.56. The van der Waals surface area contributed by atoms with Crippen molar-refractivity contribution in [1.29, 1.82) is 0 Å². The lowest BCUT2D eigenvalue weighted by atomic mass is 10.1. The van der Waals surface area contributed by atoms with E-state index in [1.54, 1.807) is 10.9 Å². The monoisotopic (exact) mass is 366 g/mol. The van der Waals surface area contributed by atoms with Gasteiger partial charge in [0.2, 0.25) is 0 Å². The van der Waals surface area contributed by atoms with Crippen LogP contribution in [0.15, 0.2) is 24.4 Å². The van der Waals surface area contributed by atoms with E-state index in [0.29, 0.717) is 28.7 Å². The van der Waals surface area contributed by atoms with Crippen molar-refractivity contribution in [3.8, 4) is 0 Å². The van der Waals surface area contributed by atoms with E-state index in [0.717, 1.165) is 30.9 Å². The molecule has 1 saturated heterocycles. The fraction of sp³-hybridized carbons (Fsp3) is 0.412. The van der Waals surface area contributed by atoms with Crippen molar-refractivity contribution in [2.24, 2.45) is 7.05 Å². The summed E-state index contributed by atoms with van der Waals surface area (Å²) in [6.07, 6.45) is 1.79. The third-order valence-corrected chi connectivity index (χ3v) is 5.03. The Labute approximate surface area is 151 Å². The fourth-order valence-electron chi connectivity index (χ4n) is 2.99. The zero-order chi connectivity index (χ0) is 17.3. The molecule has 0 bridgehead atoms. The molecule has 0 unspecified atom stereocenters.